The van der Waals surface area contributed by atoms with Crippen LogP contribution in [0.1, 0.15) is 135 Å². The van der Waals surface area contributed by atoms with Crippen LogP contribution in [-0.4, -0.2) is 15.5 Å². The number of halogens is 1. The van der Waals surface area contributed by atoms with Crippen LogP contribution in [0.15, 0.2) is 0 Å². The zero-order chi connectivity index (χ0) is 19.8. The molecule has 0 unspecified atom stereocenters. The van der Waals surface area contributed by atoms with E-state index in [1.54, 1.807) is 5.48 Å². The summed E-state index contributed by atoms with van der Waals surface area (Å²) in [5.41, 5.74) is 1.69. The van der Waals surface area contributed by atoms with E-state index < -0.39 is 0 Å². The molecule has 0 aliphatic rings. The molecule has 0 aliphatic heterocycles. The smallest absolute Gasteiger partial charge is 0.243 e. The summed E-state index contributed by atoms with van der Waals surface area (Å²) in [6, 6.07) is 0. The van der Waals surface area contributed by atoms with Gasteiger partial charge >= 0.3 is 0 Å². The number of hydrogen-bond donors (Lipinski definition) is 2. The van der Waals surface area contributed by atoms with Crippen molar-refractivity contribution in [1.29, 1.82) is 0 Å². The highest BCUT2D eigenvalue weighted by atomic mass is 127. The molecule has 0 aromatic heterocycles. The number of unbranched alkanes of at least 4 members (excludes halogenated alkanes) is 19. The Morgan fingerprint density at radius 2 is 0.778 bits per heavy atom. The van der Waals surface area contributed by atoms with Crippen molar-refractivity contribution in [2.24, 2.45) is 0 Å². The largest absolute Gasteiger partial charge is 0.289 e. The fourth-order valence-electron chi connectivity index (χ4n) is 3.62. The van der Waals surface area contributed by atoms with Crippen LogP contribution >= 0.6 is 22.6 Å². The molecule has 0 bridgehead atoms. The third-order valence-electron chi connectivity index (χ3n) is 5.41. The second-order valence-electron chi connectivity index (χ2n) is 8.05. The van der Waals surface area contributed by atoms with Crippen molar-refractivity contribution < 1.29 is 10.0 Å². The molecule has 0 aromatic rings. The molecule has 0 heterocycles. The van der Waals surface area contributed by atoms with E-state index >= 15 is 0 Å². The molecule has 0 atom stereocenters. The maximum absolute atomic E-state index is 10.9. The van der Waals surface area contributed by atoms with Crippen LogP contribution in [0, 0.1) is 0 Å². The second-order valence-corrected chi connectivity index (χ2v) is 9.12. The van der Waals surface area contributed by atoms with Gasteiger partial charge in [-0.3, -0.25) is 10.0 Å². The second kappa shape index (κ2) is 24.2. The summed E-state index contributed by atoms with van der Waals surface area (Å²) < 4.78 is 1.33. The van der Waals surface area contributed by atoms with E-state index in [-0.39, 0.29) is 5.91 Å². The van der Waals surface area contributed by atoms with Gasteiger partial charge in [0.1, 0.15) is 0 Å². The Hall–Kier alpha value is 0.160. The van der Waals surface area contributed by atoms with Gasteiger partial charge in [-0.2, -0.15) is 0 Å². The Labute approximate surface area is 182 Å². The highest BCUT2D eigenvalue weighted by molar-refractivity contribution is 14.1. The predicted molar refractivity (Wildman–Crippen MR) is 126 cm³/mol. The van der Waals surface area contributed by atoms with Crippen molar-refractivity contribution >= 4 is 28.5 Å². The van der Waals surface area contributed by atoms with Crippen molar-refractivity contribution in [3.63, 3.8) is 0 Å². The van der Waals surface area contributed by atoms with E-state index in [0.29, 0.717) is 6.42 Å². The maximum atomic E-state index is 10.9. The van der Waals surface area contributed by atoms with E-state index in [9.17, 15) is 4.79 Å². The molecule has 1 amide bonds. The number of rotatable bonds is 22. The van der Waals surface area contributed by atoms with Crippen LogP contribution in [0.2, 0.25) is 0 Å². The number of hydrogen-bond acceptors (Lipinski definition) is 2. The van der Waals surface area contributed by atoms with Gasteiger partial charge in [-0.15, -0.1) is 0 Å². The molecule has 4 heteroatoms. The Balaban J connectivity index is 3.00. The van der Waals surface area contributed by atoms with Crippen LogP contribution < -0.4 is 5.48 Å². The minimum Gasteiger partial charge on any atom is -0.289 e. The van der Waals surface area contributed by atoms with Gasteiger partial charge in [-0.1, -0.05) is 138 Å². The van der Waals surface area contributed by atoms with Gasteiger partial charge in [0.25, 0.3) is 0 Å². The molecule has 3 nitrogen and oxygen atoms in total. The summed E-state index contributed by atoms with van der Waals surface area (Å²) in [6.07, 6.45) is 27.8. The van der Waals surface area contributed by atoms with E-state index in [1.165, 1.54) is 120 Å². The first-order chi connectivity index (χ1) is 13.3. The molecule has 0 aromatic carbocycles. The Morgan fingerprint density at radius 1 is 0.519 bits per heavy atom. The summed E-state index contributed by atoms with van der Waals surface area (Å²) >= 11 is 2.48. The number of carbonyl (C=O) groups is 1. The van der Waals surface area contributed by atoms with Crippen LogP contribution in [0.25, 0.3) is 0 Å². The Bertz CT molecular complexity index is 300. The van der Waals surface area contributed by atoms with Crippen molar-refractivity contribution in [2.45, 2.75) is 135 Å². The third-order valence-corrected chi connectivity index (χ3v) is 6.17. The van der Waals surface area contributed by atoms with E-state index in [0.717, 1.165) is 12.8 Å². The standard InChI is InChI=1S/C23H46INO2/c24-22-20-18-16-14-12-10-8-6-4-2-1-3-5-7-9-11-13-15-17-19-21-23(26)25-27/h27H,1-22H2,(H,25,26). The van der Waals surface area contributed by atoms with Crippen molar-refractivity contribution in [3.05, 3.63) is 0 Å². The third kappa shape index (κ3) is 24.1. The van der Waals surface area contributed by atoms with Crippen LogP contribution in [0.5, 0.6) is 0 Å². The first-order valence-corrected chi connectivity index (χ1v) is 13.3. The number of alkyl halides is 1. The summed E-state index contributed by atoms with van der Waals surface area (Å²) in [6.45, 7) is 0. The maximum Gasteiger partial charge on any atom is 0.243 e. The first kappa shape index (κ1) is 27.2. The monoisotopic (exact) mass is 495 g/mol. The zero-order valence-electron chi connectivity index (χ0n) is 17.8. The highest BCUT2D eigenvalue weighted by Crippen LogP contribution is 2.15. The van der Waals surface area contributed by atoms with E-state index in [1.807, 2.05) is 0 Å². The number of hydroxylamine groups is 1. The van der Waals surface area contributed by atoms with Gasteiger partial charge in [0, 0.05) is 6.42 Å². The van der Waals surface area contributed by atoms with Crippen molar-refractivity contribution in [1.82, 2.24) is 5.48 Å². The van der Waals surface area contributed by atoms with Gasteiger partial charge in [-0.25, -0.2) is 5.48 Å². The summed E-state index contributed by atoms with van der Waals surface area (Å²) in [5.74, 6) is -0.257. The van der Waals surface area contributed by atoms with Crippen molar-refractivity contribution in [2.75, 3.05) is 4.43 Å². The molecule has 0 saturated heterocycles. The molecule has 0 aliphatic carbocycles. The zero-order valence-corrected chi connectivity index (χ0v) is 19.9. The fourth-order valence-corrected chi connectivity index (χ4v) is 4.16. The summed E-state index contributed by atoms with van der Waals surface area (Å²) in [4.78, 5) is 10.9. The first-order valence-electron chi connectivity index (χ1n) is 11.8. The molecule has 0 rings (SSSR count). The van der Waals surface area contributed by atoms with E-state index in [2.05, 4.69) is 22.6 Å². The molecule has 0 saturated carbocycles. The molecule has 162 valence electrons. The normalized spacial score (nSPS) is 11.0. The Kier molecular flexibility index (Phi) is 24.3. The molecule has 0 spiro atoms. The molecule has 0 radical (unpaired) electrons. The van der Waals surface area contributed by atoms with E-state index in [4.69, 9.17) is 5.21 Å². The van der Waals surface area contributed by atoms with Gasteiger partial charge in [-0.05, 0) is 17.3 Å². The number of amides is 1. The number of carbonyl (C=O) groups excluding carboxylic acids is 1. The number of nitrogens with one attached hydrogen (secondary N) is 1. The highest BCUT2D eigenvalue weighted by Gasteiger charge is 1.98. The van der Waals surface area contributed by atoms with Crippen LogP contribution in [-0.2, 0) is 4.79 Å². The average Bonchev–Trinajstić information content (AvgIpc) is 2.68. The van der Waals surface area contributed by atoms with Crippen molar-refractivity contribution in [3.8, 4) is 0 Å². The minimum atomic E-state index is -0.257. The molecule has 27 heavy (non-hydrogen) atoms. The lowest BCUT2D eigenvalue weighted by Gasteiger charge is -2.04. The molecule has 0 fully saturated rings. The topological polar surface area (TPSA) is 49.3 Å². The van der Waals surface area contributed by atoms with Gasteiger partial charge in [0.15, 0.2) is 0 Å². The lowest BCUT2D eigenvalue weighted by Crippen LogP contribution is -2.17. The Morgan fingerprint density at radius 3 is 1.04 bits per heavy atom. The average molecular weight is 496 g/mol. The lowest BCUT2D eigenvalue weighted by atomic mass is 10.0. The minimum absolute atomic E-state index is 0.257. The van der Waals surface area contributed by atoms with Crippen LogP contribution in [0.4, 0.5) is 0 Å². The summed E-state index contributed by atoms with van der Waals surface area (Å²) in [5, 5.41) is 8.40. The fraction of sp³-hybridized carbons (Fsp3) is 0.957. The molecular weight excluding hydrogens is 449 g/mol. The SMILES string of the molecule is O=C(CCCCCCCCCCCCCCCCCCCCCCI)NO. The van der Waals surface area contributed by atoms with Crippen LogP contribution in [0.3, 0.4) is 0 Å². The van der Waals surface area contributed by atoms with Gasteiger partial charge in [0.2, 0.25) is 5.91 Å². The summed E-state index contributed by atoms with van der Waals surface area (Å²) in [7, 11) is 0. The van der Waals surface area contributed by atoms with Gasteiger partial charge < -0.3 is 0 Å². The molecular formula is C23H46INO2. The van der Waals surface area contributed by atoms with Gasteiger partial charge in [0.05, 0.1) is 0 Å². The lowest BCUT2D eigenvalue weighted by molar-refractivity contribution is -0.129. The quantitative estimate of drug-likeness (QED) is 0.0524. The predicted octanol–water partition coefficient (Wildman–Crippen LogP) is 8.12. The molecule has 2 N–H and O–H groups in total.